The lowest BCUT2D eigenvalue weighted by molar-refractivity contribution is -0.149. The number of aryl methyl sites for hydroxylation is 1. The lowest BCUT2D eigenvalue weighted by Gasteiger charge is -2.19. The van der Waals surface area contributed by atoms with Crippen LogP contribution in [0.25, 0.3) is 11.0 Å². The zero-order chi connectivity index (χ0) is 13.3. The van der Waals surface area contributed by atoms with E-state index in [2.05, 4.69) is 0 Å². The maximum Gasteiger partial charge on any atom is 0.319 e. The van der Waals surface area contributed by atoms with Gasteiger partial charge in [0.2, 0.25) is 0 Å². The highest BCUT2D eigenvalue weighted by molar-refractivity contribution is 5.86. The first kappa shape index (κ1) is 12.7. The SMILES string of the molecule is CCOC(=O)C(C)(C)c1cc2cccc(C)c2o1. The van der Waals surface area contributed by atoms with Gasteiger partial charge in [0.15, 0.2) is 0 Å². The van der Waals surface area contributed by atoms with Crippen molar-refractivity contribution in [2.45, 2.75) is 33.1 Å². The predicted molar refractivity (Wildman–Crippen MR) is 70.6 cm³/mol. The van der Waals surface area contributed by atoms with Gasteiger partial charge in [-0.15, -0.1) is 0 Å². The Labute approximate surface area is 107 Å². The molecule has 3 nitrogen and oxygen atoms in total. The summed E-state index contributed by atoms with van der Waals surface area (Å²) in [4.78, 5) is 11.9. The average Bonchev–Trinajstić information content (AvgIpc) is 2.75. The summed E-state index contributed by atoms with van der Waals surface area (Å²) < 4.78 is 10.9. The first-order chi connectivity index (χ1) is 8.46. The molecule has 0 N–H and O–H groups in total. The van der Waals surface area contributed by atoms with Gasteiger partial charge in [0.05, 0.1) is 6.61 Å². The van der Waals surface area contributed by atoms with Crippen LogP contribution in [0, 0.1) is 6.92 Å². The van der Waals surface area contributed by atoms with Crippen LogP contribution in [0.5, 0.6) is 0 Å². The van der Waals surface area contributed by atoms with Crippen LogP contribution < -0.4 is 0 Å². The summed E-state index contributed by atoms with van der Waals surface area (Å²) >= 11 is 0. The number of hydrogen-bond donors (Lipinski definition) is 0. The lowest BCUT2D eigenvalue weighted by Crippen LogP contribution is -2.30. The smallest absolute Gasteiger partial charge is 0.319 e. The molecule has 2 aromatic rings. The van der Waals surface area contributed by atoms with E-state index >= 15 is 0 Å². The molecule has 0 unspecified atom stereocenters. The Morgan fingerprint density at radius 2 is 2.11 bits per heavy atom. The molecule has 0 radical (unpaired) electrons. The molecule has 1 aromatic carbocycles. The molecule has 0 aliphatic heterocycles. The van der Waals surface area contributed by atoms with Crippen LogP contribution in [0.2, 0.25) is 0 Å². The molecule has 2 rings (SSSR count). The van der Waals surface area contributed by atoms with Crippen molar-refractivity contribution in [2.24, 2.45) is 0 Å². The third-order valence-corrected chi connectivity index (χ3v) is 3.14. The Morgan fingerprint density at radius 3 is 2.72 bits per heavy atom. The average molecular weight is 246 g/mol. The third kappa shape index (κ3) is 2.01. The predicted octanol–water partition coefficient (Wildman–Crippen LogP) is 3.58. The first-order valence-corrected chi connectivity index (χ1v) is 6.13. The molecule has 0 amide bonds. The Balaban J connectivity index is 2.48. The molecular formula is C15H18O3. The number of furan rings is 1. The third-order valence-electron chi connectivity index (χ3n) is 3.14. The Morgan fingerprint density at radius 1 is 1.39 bits per heavy atom. The number of carbonyl (C=O) groups is 1. The molecule has 0 atom stereocenters. The highest BCUT2D eigenvalue weighted by Gasteiger charge is 2.35. The molecule has 0 bridgehead atoms. The van der Waals surface area contributed by atoms with Gasteiger partial charge in [0.1, 0.15) is 16.8 Å². The van der Waals surface area contributed by atoms with Gasteiger partial charge in [-0.05, 0) is 39.3 Å². The number of esters is 1. The van der Waals surface area contributed by atoms with E-state index in [0.29, 0.717) is 12.4 Å². The summed E-state index contributed by atoms with van der Waals surface area (Å²) in [7, 11) is 0. The second-order valence-electron chi connectivity index (χ2n) is 4.95. The molecule has 18 heavy (non-hydrogen) atoms. The minimum atomic E-state index is -0.762. The molecule has 96 valence electrons. The van der Waals surface area contributed by atoms with Crippen LogP contribution in [-0.2, 0) is 14.9 Å². The molecule has 0 aliphatic carbocycles. The summed E-state index contributed by atoms with van der Waals surface area (Å²) in [5.41, 5.74) is 1.14. The van der Waals surface area contributed by atoms with E-state index in [9.17, 15) is 4.79 Å². The van der Waals surface area contributed by atoms with Gasteiger partial charge < -0.3 is 9.15 Å². The second-order valence-corrected chi connectivity index (χ2v) is 4.95. The first-order valence-electron chi connectivity index (χ1n) is 6.13. The molecule has 0 saturated carbocycles. The molecule has 0 aliphatic rings. The summed E-state index contributed by atoms with van der Waals surface area (Å²) in [5.74, 6) is 0.381. The van der Waals surface area contributed by atoms with Crippen molar-refractivity contribution in [1.82, 2.24) is 0 Å². The molecule has 1 heterocycles. The van der Waals surface area contributed by atoms with Crippen molar-refractivity contribution in [3.05, 3.63) is 35.6 Å². The highest BCUT2D eigenvalue weighted by atomic mass is 16.5. The minimum absolute atomic E-state index is 0.262. The summed E-state index contributed by atoms with van der Waals surface area (Å²) in [6, 6.07) is 7.87. The summed E-state index contributed by atoms with van der Waals surface area (Å²) in [5, 5.41) is 1.02. The van der Waals surface area contributed by atoms with Gasteiger partial charge in [-0.3, -0.25) is 4.79 Å². The van der Waals surface area contributed by atoms with E-state index in [1.54, 1.807) is 6.92 Å². The molecule has 3 heteroatoms. The van der Waals surface area contributed by atoms with Crippen molar-refractivity contribution in [2.75, 3.05) is 6.61 Å². The zero-order valence-electron chi connectivity index (χ0n) is 11.2. The Kier molecular flexibility index (Phi) is 3.16. The quantitative estimate of drug-likeness (QED) is 0.777. The lowest BCUT2D eigenvalue weighted by atomic mass is 9.90. The van der Waals surface area contributed by atoms with Crippen LogP contribution in [0.4, 0.5) is 0 Å². The van der Waals surface area contributed by atoms with E-state index in [-0.39, 0.29) is 5.97 Å². The highest BCUT2D eigenvalue weighted by Crippen LogP contribution is 2.31. The number of hydrogen-bond acceptors (Lipinski definition) is 3. The van der Waals surface area contributed by atoms with E-state index in [0.717, 1.165) is 16.5 Å². The van der Waals surface area contributed by atoms with Crippen LogP contribution in [0.3, 0.4) is 0 Å². The molecule has 1 aromatic heterocycles. The largest absolute Gasteiger partial charge is 0.465 e. The van der Waals surface area contributed by atoms with Gasteiger partial charge >= 0.3 is 5.97 Å². The van der Waals surface area contributed by atoms with Gasteiger partial charge in [-0.25, -0.2) is 0 Å². The zero-order valence-corrected chi connectivity index (χ0v) is 11.2. The minimum Gasteiger partial charge on any atom is -0.465 e. The number of carbonyl (C=O) groups excluding carboxylic acids is 1. The van der Waals surface area contributed by atoms with Crippen LogP contribution in [0.1, 0.15) is 32.1 Å². The number of fused-ring (bicyclic) bond motifs is 1. The van der Waals surface area contributed by atoms with E-state index in [1.165, 1.54) is 0 Å². The second kappa shape index (κ2) is 4.48. The van der Waals surface area contributed by atoms with Crippen molar-refractivity contribution in [1.29, 1.82) is 0 Å². The van der Waals surface area contributed by atoms with E-state index in [1.807, 2.05) is 45.0 Å². The topological polar surface area (TPSA) is 39.4 Å². The number of para-hydroxylation sites is 1. The van der Waals surface area contributed by atoms with Crippen LogP contribution >= 0.6 is 0 Å². The Bertz CT molecular complexity index is 578. The standard InChI is InChI=1S/C15H18O3/c1-5-17-14(16)15(3,4)12-9-11-8-6-7-10(2)13(11)18-12/h6-9H,5H2,1-4H3. The number of benzene rings is 1. The van der Waals surface area contributed by atoms with Crippen LogP contribution in [-0.4, -0.2) is 12.6 Å². The van der Waals surface area contributed by atoms with Gasteiger partial charge in [-0.1, -0.05) is 18.2 Å². The molecule has 0 fully saturated rings. The van der Waals surface area contributed by atoms with Crippen molar-refractivity contribution < 1.29 is 13.9 Å². The molecular weight excluding hydrogens is 228 g/mol. The fourth-order valence-electron chi connectivity index (χ4n) is 1.93. The normalized spacial score (nSPS) is 11.8. The van der Waals surface area contributed by atoms with Crippen molar-refractivity contribution in [3.8, 4) is 0 Å². The number of ether oxygens (including phenoxy) is 1. The number of rotatable bonds is 3. The van der Waals surface area contributed by atoms with Gasteiger partial charge in [0.25, 0.3) is 0 Å². The fourth-order valence-corrected chi connectivity index (χ4v) is 1.93. The van der Waals surface area contributed by atoms with Crippen molar-refractivity contribution in [3.63, 3.8) is 0 Å². The maximum atomic E-state index is 11.9. The van der Waals surface area contributed by atoms with Crippen LogP contribution in [0.15, 0.2) is 28.7 Å². The fraction of sp³-hybridized carbons (Fsp3) is 0.400. The molecule has 0 spiro atoms. The monoisotopic (exact) mass is 246 g/mol. The maximum absolute atomic E-state index is 11.9. The Hall–Kier alpha value is -1.77. The van der Waals surface area contributed by atoms with Gasteiger partial charge in [0, 0.05) is 5.39 Å². The summed E-state index contributed by atoms with van der Waals surface area (Å²) in [6.45, 7) is 7.81. The van der Waals surface area contributed by atoms with E-state index in [4.69, 9.17) is 9.15 Å². The van der Waals surface area contributed by atoms with E-state index < -0.39 is 5.41 Å². The van der Waals surface area contributed by atoms with Gasteiger partial charge in [-0.2, -0.15) is 0 Å². The summed E-state index contributed by atoms with van der Waals surface area (Å²) in [6.07, 6.45) is 0. The van der Waals surface area contributed by atoms with Crippen molar-refractivity contribution >= 4 is 16.9 Å². The molecule has 0 saturated heterocycles.